The highest BCUT2D eigenvalue weighted by Crippen LogP contribution is 2.30. The molecule has 20 heavy (non-hydrogen) atoms. The summed E-state index contributed by atoms with van der Waals surface area (Å²) in [6.45, 7) is 1.34. The van der Waals surface area contributed by atoms with E-state index >= 15 is 0 Å². The second-order valence-corrected chi connectivity index (χ2v) is 6.15. The maximum atomic E-state index is 11.5. The molecule has 1 aliphatic carbocycles. The molecule has 0 aromatic carbocycles. The van der Waals surface area contributed by atoms with Crippen molar-refractivity contribution >= 4 is 22.4 Å². The van der Waals surface area contributed by atoms with Gasteiger partial charge in [-0.05, 0) is 12.8 Å². The smallest absolute Gasteiger partial charge is 0.230 e. The number of methoxy groups -OCH3 is 1. The molecular formula is C13H22N4O2S. The molecule has 0 spiro atoms. The largest absolute Gasteiger partial charge is 0.480 e. The quantitative estimate of drug-likeness (QED) is 0.700. The third-order valence-corrected chi connectivity index (χ3v) is 4.19. The monoisotopic (exact) mass is 298 g/mol. The highest BCUT2D eigenvalue weighted by Gasteiger charge is 2.22. The summed E-state index contributed by atoms with van der Waals surface area (Å²) in [5, 5.41) is 7.16. The normalized spacial score (nSPS) is 14.2. The Bertz CT molecular complexity index is 457. The number of hydrogen-bond donors (Lipinski definition) is 2. The molecule has 7 heteroatoms. The van der Waals surface area contributed by atoms with E-state index in [0.29, 0.717) is 31.4 Å². The van der Waals surface area contributed by atoms with E-state index in [2.05, 4.69) is 15.6 Å². The molecule has 1 saturated carbocycles. The molecule has 2 rings (SSSR count). The van der Waals surface area contributed by atoms with Gasteiger partial charge in [-0.25, -0.2) is 0 Å². The number of hydrogen-bond acceptors (Lipinski definition) is 6. The van der Waals surface area contributed by atoms with Crippen molar-refractivity contribution in [3.63, 3.8) is 0 Å². The third-order valence-electron chi connectivity index (χ3n) is 2.98. The second-order valence-electron chi connectivity index (χ2n) is 5.09. The van der Waals surface area contributed by atoms with Crippen molar-refractivity contribution in [2.24, 2.45) is 0 Å². The maximum Gasteiger partial charge on any atom is 0.230 e. The highest BCUT2D eigenvalue weighted by atomic mass is 32.1. The predicted molar refractivity (Wildman–Crippen MR) is 80.5 cm³/mol. The van der Waals surface area contributed by atoms with Crippen LogP contribution in [0.1, 0.15) is 24.1 Å². The molecule has 1 fully saturated rings. The number of anilines is 1. The Kier molecular flexibility index (Phi) is 5.19. The summed E-state index contributed by atoms with van der Waals surface area (Å²) in [6, 6.07) is 0.437. The number of carbonyl (C=O) groups is 1. The van der Waals surface area contributed by atoms with Crippen LogP contribution in [0.5, 0.6) is 5.88 Å². The number of thiazole rings is 1. The summed E-state index contributed by atoms with van der Waals surface area (Å²) in [5.74, 6) is 0.791. The Balaban J connectivity index is 1.73. The van der Waals surface area contributed by atoms with Crippen molar-refractivity contribution in [1.29, 1.82) is 0 Å². The minimum absolute atomic E-state index is 0.130. The van der Waals surface area contributed by atoms with Gasteiger partial charge >= 0.3 is 0 Å². The van der Waals surface area contributed by atoms with Gasteiger partial charge in [0.1, 0.15) is 0 Å². The molecule has 0 aliphatic heterocycles. The standard InChI is InChI=1S/C13H22N4O2S/c1-17(2)13-16-12(19-3)10(20-13)8-14-7-6-11(18)15-9-4-5-9/h9,14H,4-8H2,1-3H3,(H,15,18). The van der Waals surface area contributed by atoms with Gasteiger partial charge in [-0.15, -0.1) is 0 Å². The zero-order valence-corrected chi connectivity index (χ0v) is 13.0. The van der Waals surface area contributed by atoms with E-state index in [0.717, 1.165) is 22.9 Å². The molecule has 0 bridgehead atoms. The molecule has 6 nitrogen and oxygen atoms in total. The van der Waals surface area contributed by atoms with Gasteiger partial charge in [0, 0.05) is 39.6 Å². The first-order valence-corrected chi connectivity index (χ1v) is 7.63. The molecule has 1 heterocycles. The fourth-order valence-electron chi connectivity index (χ4n) is 1.72. The van der Waals surface area contributed by atoms with Crippen LogP contribution >= 0.6 is 11.3 Å². The zero-order valence-electron chi connectivity index (χ0n) is 12.2. The number of amides is 1. The Labute approximate surface area is 123 Å². The van der Waals surface area contributed by atoms with Gasteiger partial charge in [0.25, 0.3) is 0 Å². The van der Waals surface area contributed by atoms with Crippen LogP contribution in [0, 0.1) is 0 Å². The molecule has 112 valence electrons. The summed E-state index contributed by atoms with van der Waals surface area (Å²) in [4.78, 5) is 18.9. The minimum Gasteiger partial charge on any atom is -0.480 e. The van der Waals surface area contributed by atoms with Gasteiger partial charge in [0.15, 0.2) is 5.13 Å². The summed E-state index contributed by atoms with van der Waals surface area (Å²) in [6.07, 6.45) is 2.77. The van der Waals surface area contributed by atoms with Crippen LogP contribution in [0.4, 0.5) is 5.13 Å². The Morgan fingerprint density at radius 1 is 1.50 bits per heavy atom. The van der Waals surface area contributed by atoms with Crippen molar-refractivity contribution < 1.29 is 9.53 Å². The Morgan fingerprint density at radius 3 is 2.85 bits per heavy atom. The maximum absolute atomic E-state index is 11.5. The van der Waals surface area contributed by atoms with Crippen LogP contribution < -0.4 is 20.3 Å². The number of carbonyl (C=O) groups excluding carboxylic acids is 1. The van der Waals surface area contributed by atoms with Crippen molar-refractivity contribution in [3.8, 4) is 5.88 Å². The Hall–Kier alpha value is -1.34. The van der Waals surface area contributed by atoms with Crippen LogP contribution in [0.25, 0.3) is 0 Å². The van der Waals surface area contributed by atoms with Gasteiger partial charge in [-0.3, -0.25) is 4.79 Å². The van der Waals surface area contributed by atoms with Crippen LogP contribution in [0.3, 0.4) is 0 Å². The lowest BCUT2D eigenvalue weighted by atomic mass is 10.4. The fourth-order valence-corrected chi connectivity index (χ4v) is 2.64. The lowest BCUT2D eigenvalue weighted by molar-refractivity contribution is -0.121. The van der Waals surface area contributed by atoms with Crippen LogP contribution in [0.15, 0.2) is 0 Å². The molecule has 1 aromatic rings. The SMILES string of the molecule is COc1nc(N(C)C)sc1CNCCC(=O)NC1CC1. The van der Waals surface area contributed by atoms with E-state index in [-0.39, 0.29) is 5.91 Å². The summed E-state index contributed by atoms with van der Waals surface area (Å²) < 4.78 is 5.27. The van der Waals surface area contributed by atoms with Gasteiger partial charge in [-0.1, -0.05) is 11.3 Å². The van der Waals surface area contributed by atoms with Crippen LogP contribution in [-0.4, -0.2) is 44.7 Å². The minimum atomic E-state index is 0.130. The molecule has 0 unspecified atom stereocenters. The van der Waals surface area contributed by atoms with E-state index in [9.17, 15) is 4.79 Å². The highest BCUT2D eigenvalue weighted by molar-refractivity contribution is 7.15. The van der Waals surface area contributed by atoms with Gasteiger partial charge in [0.05, 0.1) is 12.0 Å². The predicted octanol–water partition coefficient (Wildman–Crippen LogP) is 0.976. The Morgan fingerprint density at radius 2 is 2.25 bits per heavy atom. The second kappa shape index (κ2) is 6.90. The van der Waals surface area contributed by atoms with Crippen molar-refractivity contribution in [2.45, 2.75) is 31.8 Å². The molecule has 0 radical (unpaired) electrons. The van der Waals surface area contributed by atoms with Crippen molar-refractivity contribution in [3.05, 3.63) is 4.88 Å². The molecule has 2 N–H and O–H groups in total. The molecule has 1 aliphatic rings. The topological polar surface area (TPSA) is 66.5 Å². The van der Waals surface area contributed by atoms with Gasteiger partial charge in [-0.2, -0.15) is 4.98 Å². The molecule has 1 aromatic heterocycles. The third kappa shape index (κ3) is 4.35. The van der Waals surface area contributed by atoms with Gasteiger partial charge in [0.2, 0.25) is 11.8 Å². The van der Waals surface area contributed by atoms with Crippen molar-refractivity contribution in [1.82, 2.24) is 15.6 Å². The van der Waals surface area contributed by atoms with Gasteiger partial charge < -0.3 is 20.3 Å². The number of ether oxygens (including phenoxy) is 1. The molecular weight excluding hydrogens is 276 g/mol. The molecule has 1 amide bonds. The number of rotatable bonds is 8. The van der Waals surface area contributed by atoms with E-state index in [4.69, 9.17) is 4.74 Å². The summed E-state index contributed by atoms with van der Waals surface area (Å²) in [7, 11) is 5.54. The first kappa shape index (κ1) is 15.1. The lowest BCUT2D eigenvalue weighted by Crippen LogP contribution is -2.28. The first-order chi connectivity index (χ1) is 9.60. The van der Waals surface area contributed by atoms with E-state index in [1.807, 2.05) is 19.0 Å². The van der Waals surface area contributed by atoms with E-state index in [1.54, 1.807) is 18.4 Å². The lowest BCUT2D eigenvalue weighted by Gasteiger charge is -2.05. The van der Waals surface area contributed by atoms with E-state index < -0.39 is 0 Å². The molecule has 0 atom stereocenters. The fraction of sp³-hybridized carbons (Fsp3) is 0.692. The summed E-state index contributed by atoms with van der Waals surface area (Å²) in [5.41, 5.74) is 0. The van der Waals surface area contributed by atoms with Crippen molar-refractivity contribution in [2.75, 3.05) is 32.6 Å². The number of nitrogens with one attached hydrogen (secondary N) is 2. The average molecular weight is 298 g/mol. The van der Waals surface area contributed by atoms with Crippen LogP contribution in [0.2, 0.25) is 0 Å². The number of aromatic nitrogens is 1. The number of nitrogens with zero attached hydrogens (tertiary/aromatic N) is 2. The summed E-state index contributed by atoms with van der Waals surface area (Å²) >= 11 is 1.60. The van der Waals surface area contributed by atoms with E-state index in [1.165, 1.54) is 0 Å². The first-order valence-electron chi connectivity index (χ1n) is 6.81. The zero-order chi connectivity index (χ0) is 14.5. The molecule has 0 saturated heterocycles. The van der Waals surface area contributed by atoms with Crippen LogP contribution in [-0.2, 0) is 11.3 Å². The average Bonchev–Trinajstić information content (AvgIpc) is 3.11.